The van der Waals surface area contributed by atoms with Crippen LogP contribution in [0.2, 0.25) is 0 Å². The molecule has 1 aromatic heterocycles. The van der Waals surface area contributed by atoms with E-state index in [-0.39, 0.29) is 25.0 Å². The Kier molecular flexibility index (Phi) is 4.79. The van der Waals surface area contributed by atoms with Crippen molar-refractivity contribution < 1.29 is 19.5 Å². The van der Waals surface area contributed by atoms with Gasteiger partial charge in [-0.05, 0) is 17.9 Å². The molecule has 0 aliphatic carbocycles. The molecule has 0 spiro atoms. The minimum absolute atomic E-state index is 0.0720. The van der Waals surface area contributed by atoms with Gasteiger partial charge in [0.05, 0.1) is 6.04 Å². The zero-order chi connectivity index (χ0) is 15.4. The molecule has 8 heteroatoms. The smallest absolute Gasteiger partial charge is 0.328 e. The summed E-state index contributed by atoms with van der Waals surface area (Å²) in [6, 6.07) is 2.05. The van der Waals surface area contributed by atoms with Crippen LogP contribution in [0.4, 0.5) is 4.79 Å². The summed E-state index contributed by atoms with van der Waals surface area (Å²) < 4.78 is 0. The van der Waals surface area contributed by atoms with E-state index in [1.165, 1.54) is 11.3 Å². The highest BCUT2D eigenvalue weighted by molar-refractivity contribution is 7.10. The van der Waals surface area contributed by atoms with E-state index >= 15 is 0 Å². The number of nitrogens with zero attached hydrogens (tertiary/aromatic N) is 1. The minimum atomic E-state index is -1.13. The summed E-state index contributed by atoms with van der Waals surface area (Å²) in [7, 11) is 0. The number of amides is 3. The predicted molar refractivity (Wildman–Crippen MR) is 77.0 cm³/mol. The molecule has 1 saturated heterocycles. The summed E-state index contributed by atoms with van der Waals surface area (Å²) in [5, 5.41) is 16.3. The van der Waals surface area contributed by atoms with Crippen molar-refractivity contribution in [2.45, 2.75) is 25.4 Å². The van der Waals surface area contributed by atoms with Crippen molar-refractivity contribution in [2.24, 2.45) is 0 Å². The van der Waals surface area contributed by atoms with Crippen molar-refractivity contribution in [3.8, 4) is 0 Å². The first-order chi connectivity index (χ1) is 10.0. The number of carboxylic acids is 1. The second kappa shape index (κ2) is 6.57. The van der Waals surface area contributed by atoms with Gasteiger partial charge in [-0.3, -0.25) is 9.69 Å². The lowest BCUT2D eigenvalue weighted by Gasteiger charge is -2.33. The molecule has 0 bridgehead atoms. The summed E-state index contributed by atoms with van der Waals surface area (Å²) in [6.45, 7) is 1.61. The first-order valence-electron chi connectivity index (χ1n) is 6.63. The Morgan fingerprint density at radius 3 is 2.95 bits per heavy atom. The van der Waals surface area contributed by atoms with Crippen LogP contribution in [0.3, 0.4) is 0 Å². The third-order valence-electron chi connectivity index (χ3n) is 3.32. The van der Waals surface area contributed by atoms with E-state index in [1.54, 1.807) is 0 Å². The first kappa shape index (κ1) is 15.3. The Labute approximate surface area is 125 Å². The lowest BCUT2D eigenvalue weighted by atomic mass is 10.1. The molecule has 114 valence electrons. The highest BCUT2D eigenvalue weighted by atomic mass is 32.1. The van der Waals surface area contributed by atoms with Gasteiger partial charge in [-0.1, -0.05) is 13.0 Å². The molecular weight excluding hydrogens is 294 g/mol. The second-order valence-electron chi connectivity index (χ2n) is 4.71. The van der Waals surface area contributed by atoms with Crippen molar-refractivity contribution >= 4 is 29.2 Å². The summed E-state index contributed by atoms with van der Waals surface area (Å²) in [5.74, 6) is -1.49. The topological polar surface area (TPSA) is 98.7 Å². The average Bonchev–Trinajstić information content (AvgIpc) is 2.98. The van der Waals surface area contributed by atoms with Crippen LogP contribution in [0.1, 0.15) is 24.3 Å². The Hall–Kier alpha value is -2.09. The number of piperazine rings is 1. The lowest BCUT2D eigenvalue weighted by molar-refractivity contribution is -0.144. The molecule has 0 aromatic carbocycles. The van der Waals surface area contributed by atoms with Gasteiger partial charge >= 0.3 is 12.0 Å². The molecule has 1 aliphatic heterocycles. The number of carbonyl (C=O) groups is 3. The zero-order valence-corrected chi connectivity index (χ0v) is 12.4. The maximum atomic E-state index is 12.3. The number of carboxylic acid groups (broad SMARTS) is 1. The number of carbonyl (C=O) groups excluding carboxylic acids is 2. The molecule has 21 heavy (non-hydrogen) atoms. The monoisotopic (exact) mass is 311 g/mol. The Bertz CT molecular complexity index is 532. The maximum Gasteiger partial charge on any atom is 0.328 e. The fourth-order valence-electron chi connectivity index (χ4n) is 2.17. The molecule has 1 aliphatic rings. The molecule has 7 nitrogen and oxygen atoms in total. The fourth-order valence-corrected chi connectivity index (χ4v) is 3.03. The zero-order valence-electron chi connectivity index (χ0n) is 11.5. The number of urea groups is 1. The molecule has 3 amide bonds. The minimum Gasteiger partial charge on any atom is -0.480 e. The summed E-state index contributed by atoms with van der Waals surface area (Å²) in [5.41, 5.74) is 0. The van der Waals surface area contributed by atoms with Crippen LogP contribution >= 0.6 is 11.3 Å². The number of rotatable bonds is 4. The van der Waals surface area contributed by atoms with Crippen molar-refractivity contribution in [3.05, 3.63) is 22.4 Å². The van der Waals surface area contributed by atoms with Crippen LogP contribution in [-0.2, 0) is 9.59 Å². The highest BCUT2D eigenvalue weighted by Crippen LogP contribution is 2.22. The number of hydrogen-bond acceptors (Lipinski definition) is 4. The number of nitrogens with one attached hydrogen (secondary N) is 2. The Morgan fingerprint density at radius 1 is 1.62 bits per heavy atom. The summed E-state index contributed by atoms with van der Waals surface area (Å²) >= 11 is 1.52. The van der Waals surface area contributed by atoms with Crippen molar-refractivity contribution in [3.63, 3.8) is 0 Å². The van der Waals surface area contributed by atoms with Crippen molar-refractivity contribution in [2.75, 3.05) is 13.1 Å². The van der Waals surface area contributed by atoms with Gasteiger partial charge in [-0.2, -0.15) is 0 Å². The van der Waals surface area contributed by atoms with Gasteiger partial charge in [-0.25, -0.2) is 9.59 Å². The van der Waals surface area contributed by atoms with E-state index < -0.39 is 18.0 Å². The molecule has 1 aromatic rings. The number of hydrogen-bond donors (Lipinski definition) is 3. The van der Waals surface area contributed by atoms with Crippen LogP contribution in [0.15, 0.2) is 17.5 Å². The van der Waals surface area contributed by atoms with E-state index in [1.807, 2.05) is 24.4 Å². The Morgan fingerprint density at radius 2 is 2.38 bits per heavy atom. The summed E-state index contributed by atoms with van der Waals surface area (Å²) in [4.78, 5) is 37.0. The van der Waals surface area contributed by atoms with Gasteiger partial charge in [0.2, 0.25) is 5.91 Å². The summed E-state index contributed by atoms with van der Waals surface area (Å²) in [6.07, 6.45) is 0.685. The van der Waals surface area contributed by atoms with Gasteiger partial charge < -0.3 is 15.7 Å². The van der Waals surface area contributed by atoms with E-state index in [2.05, 4.69) is 10.6 Å². The van der Waals surface area contributed by atoms with E-state index in [4.69, 9.17) is 5.11 Å². The maximum absolute atomic E-state index is 12.3. The average molecular weight is 311 g/mol. The molecule has 3 N–H and O–H groups in total. The molecule has 0 radical (unpaired) electrons. The van der Waals surface area contributed by atoms with Crippen molar-refractivity contribution in [1.29, 1.82) is 0 Å². The highest BCUT2D eigenvalue weighted by Gasteiger charge is 2.35. The number of thiophene rings is 1. The molecule has 2 rings (SSSR count). The SMILES string of the molecule is CCC(NC(=O)N1CC(=O)NCC1C(=O)O)c1cccs1. The first-order valence-corrected chi connectivity index (χ1v) is 7.51. The third kappa shape index (κ3) is 3.52. The van der Waals surface area contributed by atoms with Gasteiger partial charge in [0, 0.05) is 11.4 Å². The predicted octanol–water partition coefficient (Wildman–Crippen LogP) is 0.794. The van der Waals surface area contributed by atoms with E-state index in [9.17, 15) is 14.4 Å². The standard InChI is InChI=1S/C13H17N3O4S/c1-2-8(10-4-3-5-21-10)15-13(20)16-7-11(17)14-6-9(16)12(18)19/h3-5,8-9H,2,6-7H2,1H3,(H,14,17)(H,15,20)(H,18,19). The van der Waals surface area contributed by atoms with Crippen LogP contribution in [0.5, 0.6) is 0 Å². The van der Waals surface area contributed by atoms with Gasteiger partial charge in [0.1, 0.15) is 12.6 Å². The van der Waals surface area contributed by atoms with Crippen LogP contribution in [-0.4, -0.2) is 47.0 Å². The largest absolute Gasteiger partial charge is 0.480 e. The second-order valence-corrected chi connectivity index (χ2v) is 5.69. The fraction of sp³-hybridized carbons (Fsp3) is 0.462. The van der Waals surface area contributed by atoms with Crippen LogP contribution in [0, 0.1) is 0 Å². The Balaban J connectivity index is 2.09. The van der Waals surface area contributed by atoms with Crippen LogP contribution < -0.4 is 10.6 Å². The third-order valence-corrected chi connectivity index (χ3v) is 4.31. The quantitative estimate of drug-likeness (QED) is 0.765. The molecule has 2 atom stereocenters. The van der Waals surface area contributed by atoms with Crippen molar-refractivity contribution in [1.82, 2.24) is 15.5 Å². The lowest BCUT2D eigenvalue weighted by Crippen LogP contribution is -2.61. The van der Waals surface area contributed by atoms with Crippen LogP contribution in [0.25, 0.3) is 0 Å². The van der Waals surface area contributed by atoms with E-state index in [0.717, 1.165) is 9.78 Å². The molecular formula is C13H17N3O4S. The van der Waals surface area contributed by atoms with Gasteiger partial charge in [0.15, 0.2) is 0 Å². The van der Waals surface area contributed by atoms with Gasteiger partial charge in [0.25, 0.3) is 0 Å². The molecule has 1 fully saturated rings. The normalized spacial score (nSPS) is 19.8. The molecule has 2 unspecified atom stereocenters. The number of aliphatic carboxylic acids is 1. The van der Waals surface area contributed by atoms with E-state index in [0.29, 0.717) is 6.42 Å². The van der Waals surface area contributed by atoms with Gasteiger partial charge in [-0.15, -0.1) is 11.3 Å². The molecule has 0 saturated carbocycles. The molecule has 2 heterocycles.